The Bertz CT molecular complexity index is 1010. The number of anilines is 1. The van der Waals surface area contributed by atoms with E-state index in [-0.39, 0.29) is 11.8 Å². The average molecular weight is 411 g/mol. The molecule has 0 radical (unpaired) electrons. The average Bonchev–Trinajstić information content (AvgIpc) is 3.12. The number of carbonyl (C=O) groups excluding carboxylic acids is 1. The highest BCUT2D eigenvalue weighted by Gasteiger charge is 2.27. The first-order valence-electron chi connectivity index (χ1n) is 9.93. The molecular formula is C22H26N4O2S. The topological polar surface area (TPSA) is 67.3 Å². The summed E-state index contributed by atoms with van der Waals surface area (Å²) in [7, 11) is 1.65. The van der Waals surface area contributed by atoms with Gasteiger partial charge in [-0.2, -0.15) is 0 Å². The van der Waals surface area contributed by atoms with Crippen LogP contribution >= 0.6 is 11.3 Å². The van der Waals surface area contributed by atoms with Gasteiger partial charge in [-0.25, -0.2) is 9.97 Å². The Labute approximate surface area is 174 Å². The number of benzene rings is 1. The summed E-state index contributed by atoms with van der Waals surface area (Å²) in [5, 5.41) is 6.38. The van der Waals surface area contributed by atoms with Crippen LogP contribution in [0.3, 0.4) is 0 Å². The number of aryl methyl sites for hydroxylation is 2. The predicted molar refractivity (Wildman–Crippen MR) is 117 cm³/mol. The minimum Gasteiger partial charge on any atom is -0.497 e. The number of fused-ring (bicyclic) bond motifs is 1. The third kappa shape index (κ3) is 4.19. The van der Waals surface area contributed by atoms with Crippen molar-refractivity contribution in [3.05, 3.63) is 46.6 Å². The standard InChI is InChI=1S/C22H26N4O2S/c1-14-13-29-22-19(14)20(24-15(2)25-22)26-10-8-17(9-11-26)21(27)23-12-16-4-6-18(28-3)7-5-16/h4-7,13,17H,8-12H2,1-3H3,(H,23,27). The second-order valence-electron chi connectivity index (χ2n) is 7.52. The molecule has 2 aromatic heterocycles. The number of hydrogen-bond acceptors (Lipinski definition) is 6. The molecule has 7 heteroatoms. The molecule has 1 aliphatic rings. The summed E-state index contributed by atoms with van der Waals surface area (Å²) >= 11 is 1.67. The molecule has 1 aromatic carbocycles. The van der Waals surface area contributed by atoms with Crippen LogP contribution in [0.4, 0.5) is 5.82 Å². The highest BCUT2D eigenvalue weighted by atomic mass is 32.1. The Kier molecular flexibility index (Phi) is 5.67. The molecule has 3 heterocycles. The number of piperidine rings is 1. The molecule has 0 spiro atoms. The smallest absolute Gasteiger partial charge is 0.223 e. The normalized spacial score (nSPS) is 14.9. The molecule has 0 atom stereocenters. The summed E-state index contributed by atoms with van der Waals surface area (Å²) < 4.78 is 5.17. The fraction of sp³-hybridized carbons (Fsp3) is 0.409. The first-order chi connectivity index (χ1) is 14.0. The Hall–Kier alpha value is -2.67. The van der Waals surface area contributed by atoms with Gasteiger partial charge in [-0.1, -0.05) is 12.1 Å². The number of nitrogens with zero attached hydrogens (tertiary/aromatic N) is 3. The van der Waals surface area contributed by atoms with E-state index in [0.29, 0.717) is 6.54 Å². The first kappa shape index (κ1) is 19.6. The van der Waals surface area contributed by atoms with Gasteiger partial charge in [0, 0.05) is 25.6 Å². The lowest BCUT2D eigenvalue weighted by atomic mass is 9.95. The van der Waals surface area contributed by atoms with Gasteiger partial charge < -0.3 is 15.0 Å². The number of hydrogen-bond donors (Lipinski definition) is 1. The highest BCUT2D eigenvalue weighted by Crippen LogP contribution is 2.33. The lowest BCUT2D eigenvalue weighted by Gasteiger charge is -2.32. The fourth-order valence-electron chi connectivity index (χ4n) is 3.83. The molecule has 6 nitrogen and oxygen atoms in total. The van der Waals surface area contributed by atoms with Crippen LogP contribution in [-0.4, -0.2) is 36.1 Å². The molecule has 1 aliphatic heterocycles. The van der Waals surface area contributed by atoms with E-state index >= 15 is 0 Å². The second kappa shape index (κ2) is 8.37. The van der Waals surface area contributed by atoms with Crippen molar-refractivity contribution in [2.75, 3.05) is 25.1 Å². The number of rotatable bonds is 5. The van der Waals surface area contributed by atoms with Crippen LogP contribution in [0.15, 0.2) is 29.6 Å². The summed E-state index contributed by atoms with van der Waals surface area (Å²) in [6, 6.07) is 7.79. The zero-order valence-corrected chi connectivity index (χ0v) is 17.9. The Balaban J connectivity index is 1.37. The summed E-state index contributed by atoms with van der Waals surface area (Å²) in [5.74, 6) is 2.82. The number of thiophene rings is 1. The zero-order valence-electron chi connectivity index (χ0n) is 17.1. The maximum absolute atomic E-state index is 12.6. The molecular weight excluding hydrogens is 384 g/mol. The maximum Gasteiger partial charge on any atom is 0.223 e. The lowest BCUT2D eigenvalue weighted by molar-refractivity contribution is -0.125. The van der Waals surface area contributed by atoms with E-state index in [1.807, 2.05) is 31.2 Å². The van der Waals surface area contributed by atoms with Crippen molar-refractivity contribution in [2.24, 2.45) is 5.92 Å². The van der Waals surface area contributed by atoms with Gasteiger partial charge in [-0.15, -0.1) is 11.3 Å². The van der Waals surface area contributed by atoms with Crippen molar-refractivity contribution in [1.29, 1.82) is 0 Å². The third-order valence-electron chi connectivity index (χ3n) is 5.50. The predicted octanol–water partition coefficient (Wildman–Crippen LogP) is 3.85. The van der Waals surface area contributed by atoms with Crippen molar-refractivity contribution < 1.29 is 9.53 Å². The highest BCUT2D eigenvalue weighted by molar-refractivity contribution is 7.17. The van der Waals surface area contributed by atoms with Gasteiger partial charge in [0.05, 0.1) is 12.5 Å². The molecule has 1 N–H and O–H groups in total. The van der Waals surface area contributed by atoms with Gasteiger partial charge in [-0.05, 0) is 55.3 Å². The molecule has 1 fully saturated rings. The van der Waals surface area contributed by atoms with Gasteiger partial charge in [0.15, 0.2) is 0 Å². The molecule has 3 aromatic rings. The van der Waals surface area contributed by atoms with Crippen LogP contribution in [0.25, 0.3) is 10.2 Å². The van der Waals surface area contributed by atoms with E-state index in [9.17, 15) is 4.79 Å². The fourth-order valence-corrected chi connectivity index (χ4v) is 4.79. The molecule has 0 unspecified atom stereocenters. The number of nitrogens with one attached hydrogen (secondary N) is 1. The van der Waals surface area contributed by atoms with Crippen molar-refractivity contribution in [1.82, 2.24) is 15.3 Å². The van der Waals surface area contributed by atoms with Gasteiger partial charge in [0.25, 0.3) is 0 Å². The van der Waals surface area contributed by atoms with E-state index in [1.165, 1.54) is 5.56 Å². The molecule has 1 saturated heterocycles. The minimum absolute atomic E-state index is 0.0477. The quantitative estimate of drug-likeness (QED) is 0.692. The zero-order chi connectivity index (χ0) is 20.4. The number of aromatic nitrogens is 2. The third-order valence-corrected chi connectivity index (χ3v) is 6.49. The minimum atomic E-state index is 0.0477. The van der Waals surface area contributed by atoms with Crippen LogP contribution in [0.1, 0.15) is 29.8 Å². The van der Waals surface area contributed by atoms with Crippen molar-refractivity contribution in [2.45, 2.75) is 33.2 Å². The number of ether oxygens (including phenoxy) is 1. The van der Waals surface area contributed by atoms with Crippen LogP contribution in [0.5, 0.6) is 5.75 Å². The first-order valence-corrected chi connectivity index (χ1v) is 10.8. The molecule has 0 bridgehead atoms. The van der Waals surface area contributed by atoms with Crippen molar-refractivity contribution in [3.63, 3.8) is 0 Å². The SMILES string of the molecule is COc1ccc(CNC(=O)C2CCN(c3nc(C)nc4scc(C)c34)CC2)cc1. The summed E-state index contributed by atoms with van der Waals surface area (Å²) in [6.45, 7) is 6.27. The number of methoxy groups -OCH3 is 1. The van der Waals surface area contributed by atoms with Gasteiger partial charge in [-0.3, -0.25) is 4.79 Å². The summed E-state index contributed by atoms with van der Waals surface area (Å²) in [5.41, 5.74) is 2.29. The molecule has 152 valence electrons. The summed E-state index contributed by atoms with van der Waals surface area (Å²) in [6.07, 6.45) is 1.67. The molecule has 0 aliphatic carbocycles. The van der Waals surface area contributed by atoms with Crippen LogP contribution < -0.4 is 15.0 Å². The van der Waals surface area contributed by atoms with Gasteiger partial charge in [0.2, 0.25) is 5.91 Å². The van der Waals surface area contributed by atoms with E-state index in [2.05, 4.69) is 27.5 Å². The second-order valence-corrected chi connectivity index (χ2v) is 8.38. The van der Waals surface area contributed by atoms with E-state index in [4.69, 9.17) is 9.72 Å². The lowest BCUT2D eigenvalue weighted by Crippen LogP contribution is -2.40. The van der Waals surface area contributed by atoms with Crippen molar-refractivity contribution in [3.8, 4) is 5.75 Å². The van der Waals surface area contributed by atoms with Gasteiger partial charge >= 0.3 is 0 Å². The van der Waals surface area contributed by atoms with E-state index < -0.39 is 0 Å². The Morgan fingerprint density at radius 2 is 1.93 bits per heavy atom. The Morgan fingerprint density at radius 3 is 2.62 bits per heavy atom. The van der Waals surface area contributed by atoms with Crippen LogP contribution in [-0.2, 0) is 11.3 Å². The molecule has 0 saturated carbocycles. The van der Waals surface area contributed by atoms with Crippen LogP contribution in [0.2, 0.25) is 0 Å². The van der Waals surface area contributed by atoms with Gasteiger partial charge in [0.1, 0.15) is 22.2 Å². The summed E-state index contributed by atoms with van der Waals surface area (Å²) in [4.78, 5) is 25.3. The van der Waals surface area contributed by atoms with E-state index in [0.717, 1.165) is 59.1 Å². The monoisotopic (exact) mass is 410 g/mol. The molecule has 29 heavy (non-hydrogen) atoms. The number of amides is 1. The molecule has 1 amide bonds. The van der Waals surface area contributed by atoms with Crippen LogP contribution in [0, 0.1) is 19.8 Å². The largest absolute Gasteiger partial charge is 0.497 e. The maximum atomic E-state index is 12.6. The van der Waals surface area contributed by atoms with E-state index in [1.54, 1.807) is 18.4 Å². The van der Waals surface area contributed by atoms with Crippen molar-refractivity contribution >= 4 is 33.3 Å². The Morgan fingerprint density at radius 1 is 1.21 bits per heavy atom. The molecule has 4 rings (SSSR count). The number of carbonyl (C=O) groups is 1.